The van der Waals surface area contributed by atoms with Crippen LogP contribution in [0, 0.1) is 12.7 Å². The summed E-state index contributed by atoms with van der Waals surface area (Å²) in [6, 6.07) is 1.51. The van der Waals surface area contributed by atoms with Gasteiger partial charge < -0.3 is 5.32 Å². The second kappa shape index (κ2) is 4.90. The molecule has 0 unspecified atom stereocenters. The Morgan fingerprint density at radius 1 is 1.39 bits per heavy atom. The SMILES string of the molecule is CCc1nc2cc(Cl)c(F)c(Cl)c2c(NC)c1C. The first-order valence-electron chi connectivity index (χ1n) is 5.65. The van der Waals surface area contributed by atoms with Gasteiger partial charge in [-0.1, -0.05) is 30.1 Å². The van der Waals surface area contributed by atoms with Crippen LogP contribution < -0.4 is 5.32 Å². The number of fused-ring (bicyclic) bond motifs is 1. The summed E-state index contributed by atoms with van der Waals surface area (Å²) in [4.78, 5) is 4.49. The molecular weight excluding hydrogens is 274 g/mol. The van der Waals surface area contributed by atoms with Gasteiger partial charge in [-0.3, -0.25) is 4.98 Å². The number of hydrogen-bond donors (Lipinski definition) is 1. The summed E-state index contributed by atoms with van der Waals surface area (Å²) >= 11 is 11.8. The van der Waals surface area contributed by atoms with E-state index in [2.05, 4.69) is 10.3 Å². The van der Waals surface area contributed by atoms with Gasteiger partial charge in [0.2, 0.25) is 0 Å². The highest BCUT2D eigenvalue weighted by Gasteiger charge is 2.17. The maximum absolute atomic E-state index is 13.8. The molecule has 1 heterocycles. The number of nitrogens with one attached hydrogen (secondary N) is 1. The molecule has 0 amide bonds. The summed E-state index contributed by atoms with van der Waals surface area (Å²) in [7, 11) is 1.78. The molecule has 96 valence electrons. The van der Waals surface area contributed by atoms with Gasteiger partial charge in [-0.25, -0.2) is 4.39 Å². The Balaban J connectivity index is 2.98. The van der Waals surface area contributed by atoms with Crippen molar-refractivity contribution in [3.05, 3.63) is 33.2 Å². The topological polar surface area (TPSA) is 24.9 Å². The number of pyridine rings is 1. The van der Waals surface area contributed by atoms with E-state index >= 15 is 0 Å². The van der Waals surface area contributed by atoms with Crippen LogP contribution >= 0.6 is 23.2 Å². The minimum Gasteiger partial charge on any atom is -0.387 e. The third kappa shape index (κ3) is 1.91. The molecule has 1 aromatic carbocycles. The fourth-order valence-electron chi connectivity index (χ4n) is 2.13. The highest BCUT2D eigenvalue weighted by Crippen LogP contribution is 2.37. The summed E-state index contributed by atoms with van der Waals surface area (Å²) < 4.78 is 13.8. The standard InChI is InChI=1S/C13H13Cl2FN2/c1-4-8-6(2)13(17-3)10-9(18-8)5-7(14)12(16)11(10)15/h5H,4H2,1-3H3,(H,17,18). The molecule has 0 spiro atoms. The zero-order valence-corrected chi connectivity index (χ0v) is 11.9. The van der Waals surface area contributed by atoms with Crippen molar-refractivity contribution < 1.29 is 4.39 Å². The lowest BCUT2D eigenvalue weighted by molar-refractivity contribution is 0.630. The molecule has 5 heteroatoms. The fraction of sp³-hybridized carbons (Fsp3) is 0.308. The Morgan fingerprint density at radius 2 is 2.06 bits per heavy atom. The van der Waals surface area contributed by atoms with Crippen molar-refractivity contribution in [2.45, 2.75) is 20.3 Å². The molecule has 1 aromatic heterocycles. The predicted molar refractivity (Wildman–Crippen MR) is 75.4 cm³/mol. The molecule has 0 fully saturated rings. The summed E-state index contributed by atoms with van der Waals surface area (Å²) in [6.07, 6.45) is 0.795. The minimum atomic E-state index is -0.604. The molecule has 2 nitrogen and oxygen atoms in total. The highest BCUT2D eigenvalue weighted by molar-refractivity contribution is 6.39. The Kier molecular flexibility index (Phi) is 3.64. The highest BCUT2D eigenvalue weighted by atomic mass is 35.5. The molecule has 0 atom stereocenters. The number of rotatable bonds is 2. The van der Waals surface area contributed by atoms with Gasteiger partial charge in [0.1, 0.15) is 0 Å². The smallest absolute Gasteiger partial charge is 0.161 e. The molecular formula is C13H13Cl2FN2. The first-order chi connectivity index (χ1) is 8.51. The number of hydrogen-bond acceptors (Lipinski definition) is 2. The quantitative estimate of drug-likeness (QED) is 0.817. The lowest BCUT2D eigenvalue weighted by Gasteiger charge is -2.15. The van der Waals surface area contributed by atoms with E-state index < -0.39 is 5.82 Å². The van der Waals surface area contributed by atoms with E-state index in [9.17, 15) is 4.39 Å². The largest absolute Gasteiger partial charge is 0.387 e. The Labute approximate surface area is 115 Å². The molecule has 0 bridgehead atoms. The third-order valence-electron chi connectivity index (χ3n) is 3.04. The van der Waals surface area contributed by atoms with Crippen molar-refractivity contribution in [2.75, 3.05) is 12.4 Å². The van der Waals surface area contributed by atoms with Crippen LogP contribution in [0.25, 0.3) is 10.9 Å². The summed E-state index contributed by atoms with van der Waals surface area (Å²) in [5.41, 5.74) is 3.34. The van der Waals surface area contributed by atoms with Gasteiger partial charge in [-0.05, 0) is 25.0 Å². The van der Waals surface area contributed by atoms with Crippen LogP contribution in [0.2, 0.25) is 10.0 Å². The van der Waals surface area contributed by atoms with Crippen molar-refractivity contribution in [1.82, 2.24) is 4.98 Å². The van der Waals surface area contributed by atoms with E-state index in [0.29, 0.717) is 10.9 Å². The van der Waals surface area contributed by atoms with E-state index in [4.69, 9.17) is 23.2 Å². The van der Waals surface area contributed by atoms with Crippen LogP contribution in [-0.2, 0) is 6.42 Å². The monoisotopic (exact) mass is 286 g/mol. The number of benzene rings is 1. The number of halogens is 3. The van der Waals surface area contributed by atoms with Gasteiger partial charge in [0.25, 0.3) is 0 Å². The maximum atomic E-state index is 13.8. The first-order valence-corrected chi connectivity index (χ1v) is 6.41. The molecule has 2 aromatic rings. The second-order valence-corrected chi connectivity index (χ2v) is 4.83. The Hall–Kier alpha value is -1.06. The van der Waals surface area contributed by atoms with Gasteiger partial charge in [0, 0.05) is 23.8 Å². The minimum absolute atomic E-state index is 0.00652. The van der Waals surface area contributed by atoms with Gasteiger partial charge in [-0.15, -0.1) is 0 Å². The molecule has 0 aliphatic carbocycles. The summed E-state index contributed by atoms with van der Waals surface area (Å²) in [6.45, 7) is 3.97. The van der Waals surface area contributed by atoms with Crippen LogP contribution in [0.5, 0.6) is 0 Å². The fourth-order valence-corrected chi connectivity index (χ4v) is 2.67. The lowest BCUT2D eigenvalue weighted by Crippen LogP contribution is -2.02. The van der Waals surface area contributed by atoms with Crippen LogP contribution in [0.4, 0.5) is 10.1 Å². The number of aromatic nitrogens is 1. The van der Waals surface area contributed by atoms with Crippen molar-refractivity contribution in [1.29, 1.82) is 0 Å². The maximum Gasteiger partial charge on any atom is 0.161 e. The van der Waals surface area contributed by atoms with Gasteiger partial charge in [-0.2, -0.15) is 0 Å². The van der Waals surface area contributed by atoms with Crippen molar-refractivity contribution in [3.8, 4) is 0 Å². The number of nitrogens with zero attached hydrogens (tertiary/aromatic N) is 1. The Bertz CT molecular complexity index is 626. The number of aryl methyl sites for hydroxylation is 1. The van der Waals surface area contributed by atoms with Crippen LogP contribution in [0.15, 0.2) is 6.07 Å². The van der Waals surface area contributed by atoms with E-state index in [1.54, 1.807) is 7.05 Å². The van der Waals surface area contributed by atoms with Crippen molar-refractivity contribution >= 4 is 39.8 Å². The lowest BCUT2D eigenvalue weighted by atomic mass is 10.1. The second-order valence-electron chi connectivity index (χ2n) is 4.04. The number of anilines is 1. The molecule has 0 saturated heterocycles. The van der Waals surface area contributed by atoms with E-state index in [1.165, 1.54) is 6.07 Å². The summed E-state index contributed by atoms with van der Waals surface area (Å²) in [5, 5.41) is 3.65. The third-order valence-corrected chi connectivity index (χ3v) is 3.67. The summed E-state index contributed by atoms with van der Waals surface area (Å²) in [5.74, 6) is -0.604. The van der Waals surface area contributed by atoms with Gasteiger partial charge in [0.15, 0.2) is 5.82 Å². The average molecular weight is 287 g/mol. The normalized spacial score (nSPS) is 11.0. The van der Waals surface area contributed by atoms with E-state index in [-0.39, 0.29) is 10.0 Å². The van der Waals surface area contributed by atoms with E-state index in [1.807, 2.05) is 13.8 Å². The molecule has 0 aliphatic heterocycles. The van der Waals surface area contributed by atoms with Crippen molar-refractivity contribution in [2.24, 2.45) is 0 Å². The van der Waals surface area contributed by atoms with Gasteiger partial charge >= 0.3 is 0 Å². The Morgan fingerprint density at radius 3 is 2.61 bits per heavy atom. The zero-order valence-electron chi connectivity index (χ0n) is 10.4. The van der Waals surface area contributed by atoms with Crippen LogP contribution in [-0.4, -0.2) is 12.0 Å². The predicted octanol–water partition coefficient (Wildman–Crippen LogP) is 4.59. The van der Waals surface area contributed by atoms with Gasteiger partial charge in [0.05, 0.1) is 15.6 Å². The molecule has 1 N–H and O–H groups in total. The first kappa shape index (κ1) is 13.4. The molecule has 0 saturated carbocycles. The molecule has 2 rings (SSSR count). The zero-order chi connectivity index (χ0) is 13.4. The van der Waals surface area contributed by atoms with Crippen LogP contribution in [0.3, 0.4) is 0 Å². The molecule has 0 radical (unpaired) electrons. The molecule has 18 heavy (non-hydrogen) atoms. The average Bonchev–Trinajstić information content (AvgIpc) is 2.36. The van der Waals surface area contributed by atoms with Crippen LogP contribution in [0.1, 0.15) is 18.2 Å². The van der Waals surface area contributed by atoms with E-state index in [0.717, 1.165) is 23.4 Å². The molecule has 0 aliphatic rings. The van der Waals surface area contributed by atoms with Crippen molar-refractivity contribution in [3.63, 3.8) is 0 Å².